The van der Waals surface area contributed by atoms with Gasteiger partial charge in [-0.3, -0.25) is 9.69 Å². The largest absolute Gasteiger partial charge is 0.325 e. The van der Waals surface area contributed by atoms with Crippen molar-refractivity contribution in [2.24, 2.45) is 0 Å². The SMILES string of the molecule is Cc1ccccc1CN(C)[C@H](C)C(=O)Nc1ccc(F)cc1. The van der Waals surface area contributed by atoms with Crippen LogP contribution in [0.5, 0.6) is 0 Å². The van der Waals surface area contributed by atoms with Gasteiger partial charge < -0.3 is 5.32 Å². The van der Waals surface area contributed by atoms with E-state index in [0.717, 1.165) is 0 Å². The van der Waals surface area contributed by atoms with Gasteiger partial charge in [0.25, 0.3) is 0 Å². The lowest BCUT2D eigenvalue weighted by Gasteiger charge is -2.24. The molecule has 1 atom stereocenters. The average Bonchev–Trinajstić information content (AvgIpc) is 2.51. The molecule has 0 saturated heterocycles. The van der Waals surface area contributed by atoms with Crippen LogP contribution in [0.3, 0.4) is 0 Å². The van der Waals surface area contributed by atoms with Crippen LogP contribution in [0.25, 0.3) is 0 Å². The molecule has 0 radical (unpaired) electrons. The molecule has 0 unspecified atom stereocenters. The van der Waals surface area contributed by atoms with Crippen LogP contribution < -0.4 is 5.32 Å². The van der Waals surface area contributed by atoms with E-state index >= 15 is 0 Å². The second-order valence-corrected chi connectivity index (χ2v) is 5.51. The van der Waals surface area contributed by atoms with Gasteiger partial charge in [0, 0.05) is 12.2 Å². The Labute approximate surface area is 130 Å². The van der Waals surface area contributed by atoms with Crippen molar-refractivity contribution >= 4 is 11.6 Å². The normalized spacial score (nSPS) is 12.2. The van der Waals surface area contributed by atoms with Crippen molar-refractivity contribution in [3.8, 4) is 0 Å². The number of aryl methyl sites for hydroxylation is 1. The van der Waals surface area contributed by atoms with Gasteiger partial charge in [-0.2, -0.15) is 0 Å². The minimum absolute atomic E-state index is 0.109. The molecule has 2 aromatic carbocycles. The summed E-state index contributed by atoms with van der Waals surface area (Å²) >= 11 is 0. The van der Waals surface area contributed by atoms with E-state index in [-0.39, 0.29) is 17.8 Å². The molecular weight excluding hydrogens is 279 g/mol. The van der Waals surface area contributed by atoms with Crippen molar-refractivity contribution in [1.82, 2.24) is 4.90 Å². The molecule has 0 saturated carbocycles. The quantitative estimate of drug-likeness (QED) is 0.915. The van der Waals surface area contributed by atoms with Gasteiger partial charge in [0.15, 0.2) is 0 Å². The van der Waals surface area contributed by atoms with Crippen LogP contribution in [0, 0.1) is 12.7 Å². The number of anilines is 1. The zero-order valence-corrected chi connectivity index (χ0v) is 13.1. The number of rotatable bonds is 5. The number of amides is 1. The smallest absolute Gasteiger partial charge is 0.241 e. The Kier molecular flexibility index (Phi) is 5.28. The Balaban J connectivity index is 1.97. The number of hydrogen-bond donors (Lipinski definition) is 1. The molecule has 0 fully saturated rings. The number of nitrogens with zero attached hydrogens (tertiary/aromatic N) is 1. The number of nitrogens with one attached hydrogen (secondary N) is 1. The zero-order chi connectivity index (χ0) is 16.1. The Bertz CT molecular complexity index is 640. The minimum Gasteiger partial charge on any atom is -0.325 e. The van der Waals surface area contributed by atoms with E-state index in [9.17, 15) is 9.18 Å². The van der Waals surface area contributed by atoms with Gasteiger partial charge in [0.2, 0.25) is 5.91 Å². The highest BCUT2D eigenvalue weighted by Gasteiger charge is 2.18. The van der Waals surface area contributed by atoms with E-state index in [2.05, 4.69) is 24.4 Å². The summed E-state index contributed by atoms with van der Waals surface area (Å²) in [6.45, 7) is 4.62. The lowest BCUT2D eigenvalue weighted by atomic mass is 10.1. The molecular formula is C18H21FN2O. The monoisotopic (exact) mass is 300 g/mol. The van der Waals surface area contributed by atoms with Crippen molar-refractivity contribution in [2.75, 3.05) is 12.4 Å². The number of carbonyl (C=O) groups is 1. The van der Waals surface area contributed by atoms with Crippen molar-refractivity contribution in [3.63, 3.8) is 0 Å². The van der Waals surface area contributed by atoms with Gasteiger partial charge in [-0.25, -0.2) is 4.39 Å². The molecule has 0 aliphatic heterocycles. The van der Waals surface area contributed by atoms with Gasteiger partial charge in [-0.15, -0.1) is 0 Å². The van der Waals surface area contributed by atoms with Gasteiger partial charge in [-0.1, -0.05) is 24.3 Å². The second kappa shape index (κ2) is 7.18. The zero-order valence-electron chi connectivity index (χ0n) is 13.1. The van der Waals surface area contributed by atoms with E-state index in [4.69, 9.17) is 0 Å². The molecule has 1 amide bonds. The summed E-state index contributed by atoms with van der Waals surface area (Å²) in [5.74, 6) is -0.426. The number of hydrogen-bond acceptors (Lipinski definition) is 2. The Hall–Kier alpha value is -2.20. The van der Waals surface area contributed by atoms with Crippen LogP contribution >= 0.6 is 0 Å². The van der Waals surface area contributed by atoms with Crippen molar-refractivity contribution < 1.29 is 9.18 Å². The first-order chi connectivity index (χ1) is 10.5. The van der Waals surface area contributed by atoms with Crippen LogP contribution in [0.4, 0.5) is 10.1 Å². The third kappa shape index (κ3) is 4.15. The summed E-state index contributed by atoms with van der Waals surface area (Å²) in [6, 6.07) is 13.6. The van der Waals surface area contributed by atoms with E-state index in [1.54, 1.807) is 12.1 Å². The second-order valence-electron chi connectivity index (χ2n) is 5.51. The van der Waals surface area contributed by atoms with Crippen molar-refractivity contribution in [2.45, 2.75) is 26.4 Å². The predicted molar refractivity (Wildman–Crippen MR) is 87.1 cm³/mol. The van der Waals surface area contributed by atoms with Gasteiger partial charge >= 0.3 is 0 Å². The molecule has 3 nitrogen and oxygen atoms in total. The maximum Gasteiger partial charge on any atom is 0.241 e. The standard InChI is InChI=1S/C18H21FN2O/c1-13-6-4-5-7-15(13)12-21(3)14(2)18(22)20-17-10-8-16(19)9-11-17/h4-11,14H,12H2,1-3H3,(H,20,22)/t14-/m1/s1. The van der Waals surface area contributed by atoms with Gasteiger partial charge in [0.05, 0.1) is 6.04 Å². The highest BCUT2D eigenvalue weighted by molar-refractivity contribution is 5.94. The molecule has 4 heteroatoms. The molecule has 22 heavy (non-hydrogen) atoms. The summed E-state index contributed by atoms with van der Waals surface area (Å²) < 4.78 is 12.9. The predicted octanol–water partition coefficient (Wildman–Crippen LogP) is 3.59. The molecule has 0 spiro atoms. The van der Waals surface area contributed by atoms with Gasteiger partial charge in [0.1, 0.15) is 5.82 Å². The van der Waals surface area contributed by atoms with E-state index in [1.807, 2.05) is 31.0 Å². The fourth-order valence-electron chi connectivity index (χ4n) is 2.17. The van der Waals surface area contributed by atoms with Crippen LogP contribution in [-0.4, -0.2) is 23.9 Å². The summed E-state index contributed by atoms with van der Waals surface area (Å²) in [4.78, 5) is 14.3. The van der Waals surface area contributed by atoms with Crippen LogP contribution in [-0.2, 0) is 11.3 Å². The van der Waals surface area contributed by atoms with Crippen molar-refractivity contribution in [3.05, 3.63) is 65.5 Å². The lowest BCUT2D eigenvalue weighted by molar-refractivity contribution is -0.120. The number of halogens is 1. The summed E-state index contributed by atoms with van der Waals surface area (Å²) in [6.07, 6.45) is 0. The van der Waals surface area contributed by atoms with Crippen LogP contribution in [0.2, 0.25) is 0 Å². The van der Waals surface area contributed by atoms with Crippen LogP contribution in [0.1, 0.15) is 18.1 Å². The Morgan fingerprint density at radius 3 is 2.45 bits per heavy atom. The molecule has 0 aromatic heterocycles. The third-order valence-corrected chi connectivity index (χ3v) is 3.83. The highest BCUT2D eigenvalue weighted by atomic mass is 19.1. The molecule has 2 rings (SSSR count). The highest BCUT2D eigenvalue weighted by Crippen LogP contribution is 2.13. The van der Waals surface area contributed by atoms with E-state index in [1.165, 1.54) is 23.3 Å². The fourth-order valence-corrected chi connectivity index (χ4v) is 2.17. The summed E-state index contributed by atoms with van der Waals surface area (Å²) in [5.41, 5.74) is 3.01. The topological polar surface area (TPSA) is 32.3 Å². The summed E-state index contributed by atoms with van der Waals surface area (Å²) in [5, 5.41) is 2.80. The van der Waals surface area contributed by atoms with Crippen molar-refractivity contribution in [1.29, 1.82) is 0 Å². The maximum atomic E-state index is 12.9. The average molecular weight is 300 g/mol. The van der Waals surface area contributed by atoms with E-state index < -0.39 is 0 Å². The Morgan fingerprint density at radius 1 is 1.18 bits per heavy atom. The van der Waals surface area contributed by atoms with Gasteiger partial charge in [-0.05, 0) is 56.3 Å². The first-order valence-electron chi connectivity index (χ1n) is 7.28. The molecule has 0 bridgehead atoms. The molecule has 0 aliphatic rings. The summed E-state index contributed by atoms with van der Waals surface area (Å²) in [7, 11) is 1.92. The molecule has 0 aliphatic carbocycles. The first-order valence-corrected chi connectivity index (χ1v) is 7.28. The maximum absolute atomic E-state index is 12.9. The molecule has 1 N–H and O–H groups in total. The molecule has 116 valence electrons. The first kappa shape index (κ1) is 16.2. The number of carbonyl (C=O) groups excluding carboxylic acids is 1. The lowest BCUT2D eigenvalue weighted by Crippen LogP contribution is -2.39. The minimum atomic E-state index is -0.317. The molecule has 2 aromatic rings. The fraction of sp³-hybridized carbons (Fsp3) is 0.278. The Morgan fingerprint density at radius 2 is 1.82 bits per heavy atom. The molecule has 0 heterocycles. The number of benzene rings is 2. The number of likely N-dealkylation sites (N-methyl/N-ethyl adjacent to an activating group) is 1. The third-order valence-electron chi connectivity index (χ3n) is 3.83. The van der Waals surface area contributed by atoms with Crippen LogP contribution in [0.15, 0.2) is 48.5 Å². The van der Waals surface area contributed by atoms with E-state index in [0.29, 0.717) is 12.2 Å².